The van der Waals surface area contributed by atoms with E-state index in [-0.39, 0.29) is 30.8 Å². The van der Waals surface area contributed by atoms with E-state index >= 15 is 0 Å². The maximum atomic E-state index is 12.9. The molecule has 2 aliphatic rings. The number of ether oxygens (including phenoxy) is 2. The molecule has 4 aromatic rings. The SMILES string of the molecule is Cc1ncoc1C(=O)N1CCc2cc(-c3nc(NC(=O)Cc4ccc5c(c4)OCO5)sc3C)ccc21. The molecule has 0 saturated carbocycles. The minimum atomic E-state index is -0.186. The molecule has 4 heterocycles. The number of carbonyl (C=O) groups excluding carboxylic acids is 2. The van der Waals surface area contributed by atoms with Gasteiger partial charge in [0.25, 0.3) is 5.91 Å². The van der Waals surface area contributed by atoms with Crippen molar-refractivity contribution in [1.82, 2.24) is 9.97 Å². The maximum Gasteiger partial charge on any atom is 0.295 e. The Kier molecular flexibility index (Phi) is 5.45. The van der Waals surface area contributed by atoms with Gasteiger partial charge in [0.15, 0.2) is 23.0 Å². The van der Waals surface area contributed by atoms with Gasteiger partial charge in [0, 0.05) is 22.7 Å². The molecule has 0 radical (unpaired) electrons. The third kappa shape index (κ3) is 3.99. The Bertz CT molecular complexity index is 1510. The fraction of sp³-hybridized carbons (Fsp3) is 0.231. The predicted octanol–water partition coefficient (Wildman–Crippen LogP) is 4.53. The number of rotatable bonds is 5. The van der Waals surface area contributed by atoms with Crippen LogP contribution in [0, 0.1) is 13.8 Å². The van der Waals surface area contributed by atoms with E-state index in [1.54, 1.807) is 11.8 Å². The Labute approximate surface area is 210 Å². The van der Waals surface area contributed by atoms with E-state index in [9.17, 15) is 9.59 Å². The smallest absolute Gasteiger partial charge is 0.295 e. The Morgan fingerprint density at radius 1 is 1.11 bits per heavy atom. The van der Waals surface area contributed by atoms with Gasteiger partial charge in [-0.2, -0.15) is 0 Å². The van der Waals surface area contributed by atoms with Crippen molar-refractivity contribution in [3.63, 3.8) is 0 Å². The first-order valence-electron chi connectivity index (χ1n) is 11.5. The second-order valence-electron chi connectivity index (χ2n) is 8.65. The molecule has 1 N–H and O–H groups in total. The van der Waals surface area contributed by atoms with E-state index in [0.717, 1.165) is 39.4 Å². The summed E-state index contributed by atoms with van der Waals surface area (Å²) in [6.45, 7) is 4.52. The van der Waals surface area contributed by atoms with Crippen LogP contribution >= 0.6 is 11.3 Å². The molecule has 0 unspecified atom stereocenters. The van der Waals surface area contributed by atoms with Gasteiger partial charge < -0.3 is 24.1 Å². The number of aromatic nitrogens is 2. The highest BCUT2D eigenvalue weighted by Crippen LogP contribution is 2.37. The third-order valence-corrected chi connectivity index (χ3v) is 7.16. The van der Waals surface area contributed by atoms with Gasteiger partial charge in [-0.25, -0.2) is 9.97 Å². The van der Waals surface area contributed by atoms with Gasteiger partial charge in [0.05, 0.1) is 17.8 Å². The number of nitrogens with one attached hydrogen (secondary N) is 1. The van der Waals surface area contributed by atoms with Gasteiger partial charge in [-0.1, -0.05) is 12.1 Å². The van der Waals surface area contributed by atoms with Crippen molar-refractivity contribution < 1.29 is 23.5 Å². The second kappa shape index (κ2) is 8.80. The van der Waals surface area contributed by atoms with E-state index in [0.29, 0.717) is 28.9 Å². The average molecular weight is 503 g/mol. The van der Waals surface area contributed by atoms with E-state index in [1.165, 1.54) is 17.7 Å². The van der Waals surface area contributed by atoms with Crippen LogP contribution in [0.5, 0.6) is 11.5 Å². The summed E-state index contributed by atoms with van der Waals surface area (Å²) < 4.78 is 16.0. The van der Waals surface area contributed by atoms with Crippen molar-refractivity contribution in [2.75, 3.05) is 23.6 Å². The zero-order chi connectivity index (χ0) is 24.8. The van der Waals surface area contributed by atoms with Gasteiger partial charge in [0.2, 0.25) is 18.5 Å². The highest BCUT2D eigenvalue weighted by molar-refractivity contribution is 7.16. The van der Waals surface area contributed by atoms with Gasteiger partial charge in [-0.15, -0.1) is 11.3 Å². The fourth-order valence-corrected chi connectivity index (χ4v) is 5.36. The number of carbonyl (C=O) groups is 2. The minimum absolute atomic E-state index is 0.153. The van der Waals surface area contributed by atoms with Crippen molar-refractivity contribution in [2.24, 2.45) is 0 Å². The summed E-state index contributed by atoms with van der Waals surface area (Å²) >= 11 is 1.44. The van der Waals surface area contributed by atoms with Gasteiger partial charge in [-0.05, 0) is 55.7 Å². The quantitative estimate of drug-likeness (QED) is 0.427. The van der Waals surface area contributed by atoms with Gasteiger partial charge in [0.1, 0.15) is 0 Å². The van der Waals surface area contributed by atoms with Crippen LogP contribution in [0.15, 0.2) is 47.2 Å². The van der Waals surface area contributed by atoms with E-state index in [1.807, 2.05) is 37.3 Å². The number of nitrogens with zero attached hydrogens (tertiary/aromatic N) is 3. The van der Waals surface area contributed by atoms with E-state index in [4.69, 9.17) is 13.9 Å². The molecule has 0 saturated heterocycles. The molecule has 0 atom stereocenters. The Morgan fingerprint density at radius 2 is 1.97 bits per heavy atom. The molecule has 2 aromatic carbocycles. The molecule has 0 aliphatic carbocycles. The summed E-state index contributed by atoms with van der Waals surface area (Å²) in [4.78, 5) is 37.0. The normalized spacial score (nSPS) is 13.7. The Balaban J connectivity index is 1.17. The number of oxazole rings is 1. The molecule has 9 nitrogen and oxygen atoms in total. The Morgan fingerprint density at radius 3 is 2.81 bits per heavy atom. The molecule has 6 rings (SSSR count). The molecule has 2 aliphatic heterocycles. The zero-order valence-electron chi connectivity index (χ0n) is 19.7. The number of anilines is 2. The predicted molar refractivity (Wildman–Crippen MR) is 134 cm³/mol. The first kappa shape index (κ1) is 22.3. The summed E-state index contributed by atoms with van der Waals surface area (Å²) in [5.74, 6) is 1.27. The standard InChI is InChI=1S/C26H22N4O5S/c1-14-24(33-12-27-14)25(32)30-8-7-17-11-18(4-5-19(17)30)23-15(2)36-26(29-23)28-22(31)10-16-3-6-20-21(9-16)35-13-34-20/h3-6,9,11-12H,7-8,10,13H2,1-2H3,(H,28,29,31). The van der Waals surface area contributed by atoms with Crippen LogP contribution in [0.3, 0.4) is 0 Å². The topological polar surface area (TPSA) is 107 Å². The summed E-state index contributed by atoms with van der Waals surface area (Å²) in [6, 6.07) is 11.5. The lowest BCUT2D eigenvalue weighted by Crippen LogP contribution is -2.29. The summed E-state index contributed by atoms with van der Waals surface area (Å²) in [6.07, 6.45) is 2.24. The number of hydrogen-bond donors (Lipinski definition) is 1. The number of benzene rings is 2. The van der Waals surface area contributed by atoms with Gasteiger partial charge >= 0.3 is 0 Å². The zero-order valence-corrected chi connectivity index (χ0v) is 20.5. The van der Waals surface area contributed by atoms with Crippen molar-refractivity contribution in [1.29, 1.82) is 0 Å². The van der Waals surface area contributed by atoms with Crippen LogP contribution in [0.2, 0.25) is 0 Å². The van der Waals surface area contributed by atoms with Crippen LogP contribution in [-0.2, 0) is 17.6 Å². The Hall–Kier alpha value is -4.18. The lowest BCUT2D eigenvalue weighted by atomic mass is 10.1. The highest BCUT2D eigenvalue weighted by atomic mass is 32.1. The fourth-order valence-electron chi connectivity index (χ4n) is 4.51. The first-order chi connectivity index (χ1) is 17.5. The molecule has 182 valence electrons. The van der Waals surface area contributed by atoms with Crippen molar-refractivity contribution in [2.45, 2.75) is 26.7 Å². The van der Waals surface area contributed by atoms with Crippen LogP contribution < -0.4 is 19.7 Å². The van der Waals surface area contributed by atoms with E-state index < -0.39 is 0 Å². The van der Waals surface area contributed by atoms with Gasteiger partial charge in [-0.3, -0.25) is 9.59 Å². The molecular weight excluding hydrogens is 480 g/mol. The minimum Gasteiger partial charge on any atom is -0.454 e. The van der Waals surface area contributed by atoms with Crippen molar-refractivity contribution in [3.05, 3.63) is 70.3 Å². The average Bonchev–Trinajstić information content (AvgIpc) is 3.64. The third-order valence-electron chi connectivity index (χ3n) is 6.28. The van der Waals surface area contributed by atoms with Crippen LogP contribution in [0.4, 0.5) is 10.8 Å². The van der Waals surface area contributed by atoms with Crippen molar-refractivity contribution in [3.8, 4) is 22.8 Å². The second-order valence-corrected chi connectivity index (χ2v) is 9.86. The van der Waals surface area contributed by atoms with Crippen LogP contribution in [-0.4, -0.2) is 35.1 Å². The van der Waals surface area contributed by atoms with Crippen LogP contribution in [0.25, 0.3) is 11.3 Å². The molecule has 0 spiro atoms. The number of fused-ring (bicyclic) bond motifs is 2. The number of amides is 2. The highest BCUT2D eigenvalue weighted by Gasteiger charge is 2.29. The first-order valence-corrected chi connectivity index (χ1v) is 12.3. The molecule has 10 heteroatoms. The lowest BCUT2D eigenvalue weighted by molar-refractivity contribution is -0.115. The number of thiazole rings is 1. The molecule has 36 heavy (non-hydrogen) atoms. The molecule has 0 fully saturated rings. The summed E-state index contributed by atoms with van der Waals surface area (Å²) in [5.41, 5.74) is 5.12. The number of hydrogen-bond acceptors (Lipinski definition) is 8. The lowest BCUT2D eigenvalue weighted by Gasteiger charge is -2.16. The summed E-state index contributed by atoms with van der Waals surface area (Å²) in [5, 5.41) is 3.46. The molecule has 2 aromatic heterocycles. The van der Waals surface area contributed by atoms with Crippen molar-refractivity contribution >= 4 is 34.0 Å². The maximum absolute atomic E-state index is 12.9. The molecular formula is C26H22N4O5S. The molecule has 0 bridgehead atoms. The summed E-state index contributed by atoms with van der Waals surface area (Å²) in [7, 11) is 0. The number of aryl methyl sites for hydroxylation is 2. The van der Waals surface area contributed by atoms with E-state index in [2.05, 4.69) is 21.4 Å². The van der Waals surface area contributed by atoms with Crippen LogP contribution in [0.1, 0.15) is 32.3 Å². The largest absolute Gasteiger partial charge is 0.454 e. The monoisotopic (exact) mass is 502 g/mol. The molecule has 2 amide bonds.